The largest absolute Gasteiger partial charge is 0.461 e. The van der Waals surface area contributed by atoms with E-state index in [1.165, 1.54) is 0 Å². The quantitative estimate of drug-likeness (QED) is 0.794. The molecule has 0 radical (unpaired) electrons. The lowest BCUT2D eigenvalue weighted by Gasteiger charge is -2.35. The number of hydrogen-bond donors (Lipinski definition) is 2. The molecule has 0 aromatic carbocycles. The Morgan fingerprint density at radius 2 is 2.22 bits per heavy atom. The van der Waals surface area contributed by atoms with Crippen molar-refractivity contribution in [2.75, 3.05) is 6.61 Å². The van der Waals surface area contributed by atoms with E-state index < -0.39 is 6.10 Å². The van der Waals surface area contributed by atoms with Crippen molar-refractivity contribution in [1.29, 1.82) is 0 Å². The highest BCUT2D eigenvalue weighted by molar-refractivity contribution is 5.90. The number of aliphatic hydroxyl groups is 1. The van der Waals surface area contributed by atoms with Gasteiger partial charge in [0, 0.05) is 5.69 Å². The number of carbonyl (C=O) groups is 1. The summed E-state index contributed by atoms with van der Waals surface area (Å²) in [5.41, 5.74) is 3.10. The Kier molecular flexibility index (Phi) is 3.23. The Balaban J connectivity index is 2.42. The Morgan fingerprint density at radius 1 is 1.56 bits per heavy atom. The van der Waals surface area contributed by atoms with Crippen molar-refractivity contribution in [3.05, 3.63) is 22.5 Å². The highest BCUT2D eigenvalue weighted by Crippen LogP contribution is 2.44. The normalized spacial score (nSPS) is 21.5. The summed E-state index contributed by atoms with van der Waals surface area (Å²) >= 11 is 0. The van der Waals surface area contributed by atoms with E-state index in [0.717, 1.165) is 29.7 Å². The fourth-order valence-corrected chi connectivity index (χ4v) is 2.59. The molecule has 2 N–H and O–H groups in total. The van der Waals surface area contributed by atoms with Gasteiger partial charge < -0.3 is 14.8 Å². The highest BCUT2D eigenvalue weighted by Gasteiger charge is 2.37. The van der Waals surface area contributed by atoms with Gasteiger partial charge in [-0.15, -0.1) is 0 Å². The molecule has 4 heteroatoms. The first-order valence-electron chi connectivity index (χ1n) is 6.45. The zero-order chi connectivity index (χ0) is 13.5. The van der Waals surface area contributed by atoms with Gasteiger partial charge in [0.15, 0.2) is 0 Å². The summed E-state index contributed by atoms with van der Waals surface area (Å²) < 4.78 is 5.02. The summed E-state index contributed by atoms with van der Waals surface area (Å²) in [5, 5.41) is 10.4. The van der Waals surface area contributed by atoms with Gasteiger partial charge in [-0.3, -0.25) is 0 Å². The first-order chi connectivity index (χ1) is 8.38. The minimum Gasteiger partial charge on any atom is -0.461 e. The number of nitrogens with one attached hydrogen (secondary N) is 1. The second-order valence-corrected chi connectivity index (χ2v) is 5.63. The monoisotopic (exact) mass is 251 g/mol. The smallest absolute Gasteiger partial charge is 0.355 e. The molecule has 0 spiro atoms. The molecule has 2 rings (SSSR count). The predicted molar refractivity (Wildman–Crippen MR) is 68.5 cm³/mol. The van der Waals surface area contributed by atoms with E-state index in [1.807, 2.05) is 20.8 Å². The maximum atomic E-state index is 11.8. The van der Waals surface area contributed by atoms with Crippen LogP contribution in [0.15, 0.2) is 0 Å². The molecule has 100 valence electrons. The minimum absolute atomic E-state index is 0.157. The maximum Gasteiger partial charge on any atom is 0.355 e. The van der Waals surface area contributed by atoms with Gasteiger partial charge in [0.1, 0.15) is 5.69 Å². The Bertz CT molecular complexity index is 474. The van der Waals surface area contributed by atoms with Crippen LogP contribution in [0.5, 0.6) is 0 Å². The summed E-state index contributed by atoms with van der Waals surface area (Å²) in [6.07, 6.45) is 1.26. The SMILES string of the molecule is CCOC(=O)c1[nH]c2c(c1C)CCC(C)(C)C2O. The van der Waals surface area contributed by atoms with Gasteiger partial charge in [0.05, 0.1) is 12.7 Å². The second kappa shape index (κ2) is 4.43. The topological polar surface area (TPSA) is 62.3 Å². The molecule has 18 heavy (non-hydrogen) atoms. The summed E-state index contributed by atoms with van der Waals surface area (Å²) in [4.78, 5) is 14.9. The molecule has 1 aromatic heterocycles. The van der Waals surface area contributed by atoms with Gasteiger partial charge >= 0.3 is 5.97 Å². The number of rotatable bonds is 2. The molecule has 0 bridgehead atoms. The molecule has 0 fully saturated rings. The molecule has 1 aromatic rings. The maximum absolute atomic E-state index is 11.8. The molecule has 0 amide bonds. The number of esters is 1. The third kappa shape index (κ3) is 1.94. The summed E-state index contributed by atoms with van der Waals surface area (Å²) in [5.74, 6) is -0.339. The lowest BCUT2D eigenvalue weighted by molar-refractivity contribution is 0.0305. The first-order valence-corrected chi connectivity index (χ1v) is 6.45. The van der Waals surface area contributed by atoms with E-state index in [1.54, 1.807) is 6.92 Å². The van der Waals surface area contributed by atoms with E-state index in [2.05, 4.69) is 4.98 Å². The van der Waals surface area contributed by atoms with Crippen molar-refractivity contribution in [3.8, 4) is 0 Å². The lowest BCUT2D eigenvalue weighted by Crippen LogP contribution is -2.28. The van der Waals surface area contributed by atoms with E-state index in [9.17, 15) is 9.90 Å². The number of aromatic amines is 1. The predicted octanol–water partition coefficient (Wildman–Crippen LogP) is 2.51. The van der Waals surface area contributed by atoms with Gasteiger partial charge in [-0.2, -0.15) is 0 Å². The van der Waals surface area contributed by atoms with Crippen molar-refractivity contribution in [3.63, 3.8) is 0 Å². The number of hydrogen-bond acceptors (Lipinski definition) is 3. The fourth-order valence-electron chi connectivity index (χ4n) is 2.59. The van der Waals surface area contributed by atoms with Crippen LogP contribution in [0.1, 0.15) is 60.6 Å². The van der Waals surface area contributed by atoms with E-state index in [0.29, 0.717) is 12.3 Å². The summed E-state index contributed by atoms with van der Waals surface area (Å²) in [6, 6.07) is 0. The molecule has 0 saturated carbocycles. The molecule has 1 aliphatic rings. The van der Waals surface area contributed by atoms with Crippen molar-refractivity contribution in [2.24, 2.45) is 5.41 Å². The Hall–Kier alpha value is -1.29. The van der Waals surface area contributed by atoms with Crippen LogP contribution in [0, 0.1) is 12.3 Å². The van der Waals surface area contributed by atoms with Gasteiger partial charge in [-0.1, -0.05) is 13.8 Å². The van der Waals surface area contributed by atoms with Crippen LogP contribution in [0.2, 0.25) is 0 Å². The second-order valence-electron chi connectivity index (χ2n) is 5.63. The minimum atomic E-state index is -0.553. The lowest BCUT2D eigenvalue weighted by atomic mass is 9.74. The molecular weight excluding hydrogens is 230 g/mol. The highest BCUT2D eigenvalue weighted by atomic mass is 16.5. The van der Waals surface area contributed by atoms with Crippen molar-refractivity contribution >= 4 is 5.97 Å². The number of aliphatic hydroxyl groups excluding tert-OH is 1. The van der Waals surface area contributed by atoms with Crippen LogP contribution in [-0.4, -0.2) is 22.7 Å². The standard InChI is InChI=1S/C14H21NO3/c1-5-18-13(17)10-8(2)9-6-7-14(3,4)12(16)11(9)15-10/h12,15-16H,5-7H2,1-4H3. The van der Waals surface area contributed by atoms with E-state index in [-0.39, 0.29) is 11.4 Å². The van der Waals surface area contributed by atoms with Crippen LogP contribution >= 0.6 is 0 Å². The number of aromatic nitrogens is 1. The number of carbonyl (C=O) groups excluding carboxylic acids is 1. The third-order valence-electron chi connectivity index (χ3n) is 3.93. The van der Waals surface area contributed by atoms with Crippen molar-refractivity contribution < 1.29 is 14.6 Å². The van der Waals surface area contributed by atoms with Crippen LogP contribution in [0.3, 0.4) is 0 Å². The third-order valence-corrected chi connectivity index (χ3v) is 3.93. The molecule has 1 aliphatic carbocycles. The van der Waals surface area contributed by atoms with Gasteiger partial charge in [0.25, 0.3) is 0 Å². The Morgan fingerprint density at radius 3 is 2.83 bits per heavy atom. The van der Waals surface area contributed by atoms with Crippen LogP contribution < -0.4 is 0 Å². The molecule has 1 heterocycles. The van der Waals surface area contributed by atoms with Gasteiger partial charge in [-0.25, -0.2) is 4.79 Å². The van der Waals surface area contributed by atoms with E-state index in [4.69, 9.17) is 4.74 Å². The van der Waals surface area contributed by atoms with Gasteiger partial charge in [-0.05, 0) is 43.2 Å². The van der Waals surface area contributed by atoms with Crippen molar-refractivity contribution in [2.45, 2.75) is 46.6 Å². The number of fused-ring (bicyclic) bond motifs is 1. The molecule has 1 unspecified atom stereocenters. The molecule has 0 aliphatic heterocycles. The van der Waals surface area contributed by atoms with Crippen LogP contribution in [-0.2, 0) is 11.2 Å². The average Bonchev–Trinajstić information content (AvgIpc) is 2.63. The molecule has 4 nitrogen and oxygen atoms in total. The number of H-pyrrole nitrogens is 1. The summed E-state index contributed by atoms with van der Waals surface area (Å²) in [7, 11) is 0. The molecule has 0 saturated heterocycles. The van der Waals surface area contributed by atoms with Gasteiger partial charge in [0.2, 0.25) is 0 Å². The molecule has 1 atom stereocenters. The van der Waals surface area contributed by atoms with Crippen LogP contribution in [0.4, 0.5) is 0 Å². The van der Waals surface area contributed by atoms with Crippen molar-refractivity contribution in [1.82, 2.24) is 4.98 Å². The Labute approximate surface area is 107 Å². The zero-order valence-electron chi connectivity index (χ0n) is 11.5. The number of ether oxygens (including phenoxy) is 1. The average molecular weight is 251 g/mol. The fraction of sp³-hybridized carbons (Fsp3) is 0.643. The van der Waals surface area contributed by atoms with E-state index >= 15 is 0 Å². The zero-order valence-corrected chi connectivity index (χ0v) is 11.5. The first kappa shape index (κ1) is 13.1. The molecular formula is C14H21NO3. The van der Waals surface area contributed by atoms with Crippen LogP contribution in [0.25, 0.3) is 0 Å². The summed E-state index contributed by atoms with van der Waals surface area (Å²) in [6.45, 7) is 8.14.